The molecule has 6 nitrogen and oxygen atoms in total. The summed E-state index contributed by atoms with van der Waals surface area (Å²) in [6.45, 7) is 0. The molecule has 3 N–H and O–H groups in total. The van der Waals surface area contributed by atoms with E-state index < -0.39 is 5.82 Å². The Morgan fingerprint density at radius 3 is 2.37 bits per heavy atom. The minimum absolute atomic E-state index is 0.0113. The van der Waals surface area contributed by atoms with Crippen LogP contribution in [0.3, 0.4) is 0 Å². The molecule has 100 valence electrons. The highest BCUT2D eigenvalue weighted by Gasteiger charge is 2.08. The molecule has 0 radical (unpaired) electrons. The van der Waals surface area contributed by atoms with Gasteiger partial charge in [-0.3, -0.25) is 0 Å². The number of halogens is 1. The molecule has 1 heterocycles. The Hall–Kier alpha value is -2.57. The molecule has 0 bridgehead atoms. The molecule has 0 saturated heterocycles. The molecule has 0 atom stereocenters. The van der Waals surface area contributed by atoms with Crippen molar-refractivity contribution >= 4 is 17.5 Å². The number of aromatic nitrogens is 2. The van der Waals surface area contributed by atoms with Gasteiger partial charge in [-0.1, -0.05) is 0 Å². The lowest BCUT2D eigenvalue weighted by molar-refractivity contribution is 0.395. The van der Waals surface area contributed by atoms with Crippen LogP contribution in [0.2, 0.25) is 0 Å². The van der Waals surface area contributed by atoms with E-state index in [-0.39, 0.29) is 11.8 Å². The Morgan fingerprint density at radius 1 is 1.16 bits per heavy atom. The van der Waals surface area contributed by atoms with Crippen molar-refractivity contribution in [3.63, 3.8) is 0 Å². The maximum Gasteiger partial charge on any atom is 0.222 e. The van der Waals surface area contributed by atoms with Gasteiger partial charge in [0.2, 0.25) is 5.95 Å². The molecule has 2 rings (SSSR count). The van der Waals surface area contributed by atoms with Gasteiger partial charge in [-0.2, -0.15) is 4.98 Å². The van der Waals surface area contributed by atoms with Crippen molar-refractivity contribution in [1.29, 1.82) is 0 Å². The third-order valence-electron chi connectivity index (χ3n) is 2.38. The van der Waals surface area contributed by atoms with Crippen molar-refractivity contribution in [3.8, 4) is 11.5 Å². The number of methoxy groups -OCH3 is 2. The average Bonchev–Trinajstić information content (AvgIpc) is 2.42. The van der Waals surface area contributed by atoms with E-state index in [0.717, 1.165) is 6.20 Å². The second kappa shape index (κ2) is 5.38. The van der Waals surface area contributed by atoms with E-state index in [1.807, 2.05) is 0 Å². The molecule has 0 fully saturated rings. The molecule has 1 aromatic heterocycles. The molecule has 7 heteroatoms. The Kier molecular flexibility index (Phi) is 3.65. The van der Waals surface area contributed by atoms with Gasteiger partial charge in [0.15, 0.2) is 11.6 Å². The Balaban J connectivity index is 2.34. The van der Waals surface area contributed by atoms with E-state index in [1.165, 1.54) is 14.2 Å². The van der Waals surface area contributed by atoms with Crippen LogP contribution in [0.15, 0.2) is 24.4 Å². The highest BCUT2D eigenvalue weighted by Crippen LogP contribution is 2.28. The topological polar surface area (TPSA) is 82.3 Å². The number of hydrogen-bond acceptors (Lipinski definition) is 6. The highest BCUT2D eigenvalue weighted by molar-refractivity contribution is 5.61. The molecular weight excluding hydrogens is 251 g/mol. The van der Waals surface area contributed by atoms with Crippen molar-refractivity contribution in [2.75, 3.05) is 25.3 Å². The SMILES string of the molecule is COc1cc(Nc2nc(N)ncc2F)cc(OC)c1. The van der Waals surface area contributed by atoms with Crippen LogP contribution in [0.4, 0.5) is 21.8 Å². The summed E-state index contributed by atoms with van der Waals surface area (Å²) in [6, 6.07) is 5.07. The van der Waals surface area contributed by atoms with Crippen molar-refractivity contribution in [2.24, 2.45) is 0 Å². The molecule has 0 aliphatic heterocycles. The number of anilines is 3. The molecule has 0 unspecified atom stereocenters. The highest BCUT2D eigenvalue weighted by atomic mass is 19.1. The van der Waals surface area contributed by atoms with Crippen molar-refractivity contribution in [2.45, 2.75) is 0 Å². The number of nitrogen functional groups attached to an aromatic ring is 1. The lowest BCUT2D eigenvalue weighted by atomic mass is 10.2. The minimum atomic E-state index is -0.601. The van der Waals surface area contributed by atoms with Crippen LogP contribution in [-0.2, 0) is 0 Å². The summed E-state index contributed by atoms with van der Waals surface area (Å²) < 4.78 is 23.8. The van der Waals surface area contributed by atoms with E-state index in [1.54, 1.807) is 18.2 Å². The van der Waals surface area contributed by atoms with Crippen LogP contribution in [0.1, 0.15) is 0 Å². The van der Waals surface area contributed by atoms with E-state index >= 15 is 0 Å². The zero-order valence-electron chi connectivity index (χ0n) is 10.5. The van der Waals surface area contributed by atoms with Gasteiger partial charge in [0.1, 0.15) is 11.5 Å². The third kappa shape index (κ3) is 3.01. The summed E-state index contributed by atoms with van der Waals surface area (Å²) in [5, 5.41) is 2.80. The predicted octanol–water partition coefficient (Wildman–Crippen LogP) is 1.96. The van der Waals surface area contributed by atoms with Gasteiger partial charge in [0.05, 0.1) is 20.4 Å². The van der Waals surface area contributed by atoms with Gasteiger partial charge in [-0.15, -0.1) is 0 Å². The Morgan fingerprint density at radius 2 is 1.79 bits per heavy atom. The van der Waals surface area contributed by atoms with E-state index in [2.05, 4.69) is 15.3 Å². The number of hydrogen-bond donors (Lipinski definition) is 2. The number of nitrogens with two attached hydrogens (primary N) is 1. The molecule has 0 aliphatic carbocycles. The first kappa shape index (κ1) is 12.9. The molecule has 0 saturated carbocycles. The van der Waals surface area contributed by atoms with Gasteiger partial charge in [-0.05, 0) is 0 Å². The third-order valence-corrected chi connectivity index (χ3v) is 2.38. The lowest BCUT2D eigenvalue weighted by Gasteiger charge is -2.10. The van der Waals surface area contributed by atoms with Crippen molar-refractivity contribution < 1.29 is 13.9 Å². The van der Waals surface area contributed by atoms with Gasteiger partial charge in [0, 0.05) is 23.9 Å². The standard InChI is InChI=1S/C12H13FN4O2/c1-18-8-3-7(4-9(5-8)19-2)16-11-10(13)6-15-12(14)17-11/h3-6H,1-2H3,(H3,14,15,16,17). The quantitative estimate of drug-likeness (QED) is 0.878. The summed E-state index contributed by atoms with van der Waals surface area (Å²) in [5.74, 6) is 0.520. The summed E-state index contributed by atoms with van der Waals surface area (Å²) in [7, 11) is 3.06. The number of nitrogens with one attached hydrogen (secondary N) is 1. The molecule has 1 aromatic carbocycles. The first-order valence-electron chi connectivity index (χ1n) is 5.40. The predicted molar refractivity (Wildman–Crippen MR) is 69.2 cm³/mol. The second-order valence-corrected chi connectivity index (χ2v) is 3.65. The number of nitrogens with zero attached hydrogens (tertiary/aromatic N) is 2. The van der Waals surface area contributed by atoms with E-state index in [0.29, 0.717) is 17.2 Å². The summed E-state index contributed by atoms with van der Waals surface area (Å²) in [4.78, 5) is 7.33. The molecule has 0 spiro atoms. The van der Waals surface area contributed by atoms with Crippen LogP contribution in [0.25, 0.3) is 0 Å². The summed E-state index contributed by atoms with van der Waals surface area (Å²) >= 11 is 0. The first-order chi connectivity index (χ1) is 9.12. The molecule has 0 aliphatic rings. The second-order valence-electron chi connectivity index (χ2n) is 3.65. The van der Waals surface area contributed by atoms with Crippen LogP contribution in [0.5, 0.6) is 11.5 Å². The summed E-state index contributed by atoms with van der Waals surface area (Å²) in [6.07, 6.45) is 1.00. The number of rotatable bonds is 4. The normalized spacial score (nSPS) is 10.1. The fraction of sp³-hybridized carbons (Fsp3) is 0.167. The maximum absolute atomic E-state index is 13.5. The molecule has 2 aromatic rings. The summed E-state index contributed by atoms with van der Waals surface area (Å²) in [5.41, 5.74) is 5.98. The fourth-order valence-electron chi connectivity index (χ4n) is 1.48. The van der Waals surface area contributed by atoms with Crippen LogP contribution >= 0.6 is 0 Å². The van der Waals surface area contributed by atoms with Gasteiger partial charge < -0.3 is 20.5 Å². The zero-order chi connectivity index (χ0) is 13.8. The van der Waals surface area contributed by atoms with Gasteiger partial charge in [-0.25, -0.2) is 9.37 Å². The fourth-order valence-corrected chi connectivity index (χ4v) is 1.48. The van der Waals surface area contributed by atoms with Gasteiger partial charge in [0.25, 0.3) is 0 Å². The van der Waals surface area contributed by atoms with Crippen molar-refractivity contribution in [3.05, 3.63) is 30.2 Å². The first-order valence-corrected chi connectivity index (χ1v) is 5.40. The molecular formula is C12H13FN4O2. The Labute approximate surface area is 109 Å². The number of ether oxygens (including phenoxy) is 2. The zero-order valence-corrected chi connectivity index (χ0v) is 10.5. The monoisotopic (exact) mass is 264 g/mol. The van der Waals surface area contributed by atoms with Crippen LogP contribution < -0.4 is 20.5 Å². The average molecular weight is 264 g/mol. The van der Waals surface area contributed by atoms with Crippen molar-refractivity contribution in [1.82, 2.24) is 9.97 Å². The lowest BCUT2D eigenvalue weighted by Crippen LogP contribution is -2.02. The smallest absolute Gasteiger partial charge is 0.222 e. The minimum Gasteiger partial charge on any atom is -0.497 e. The molecule has 0 amide bonds. The largest absolute Gasteiger partial charge is 0.497 e. The van der Waals surface area contributed by atoms with Crippen LogP contribution in [0, 0.1) is 5.82 Å². The van der Waals surface area contributed by atoms with Crippen LogP contribution in [-0.4, -0.2) is 24.2 Å². The molecule has 19 heavy (non-hydrogen) atoms. The van der Waals surface area contributed by atoms with E-state index in [9.17, 15) is 4.39 Å². The Bertz CT molecular complexity index is 570. The van der Waals surface area contributed by atoms with E-state index in [4.69, 9.17) is 15.2 Å². The van der Waals surface area contributed by atoms with Gasteiger partial charge >= 0.3 is 0 Å². The number of benzene rings is 1. The maximum atomic E-state index is 13.5.